The Balaban J connectivity index is 1.73. The molecule has 1 aromatic carbocycles. The van der Waals surface area contributed by atoms with Gasteiger partial charge < -0.3 is 4.42 Å². The van der Waals surface area contributed by atoms with Gasteiger partial charge in [0.05, 0.1) is 12.0 Å². The second-order valence-corrected chi connectivity index (χ2v) is 4.19. The minimum absolute atomic E-state index is 0.918. The first-order valence-corrected chi connectivity index (χ1v) is 6.15. The van der Waals surface area contributed by atoms with Gasteiger partial charge in [0, 0.05) is 11.6 Å². The van der Waals surface area contributed by atoms with E-state index >= 15 is 0 Å². The van der Waals surface area contributed by atoms with Gasteiger partial charge in [0.2, 0.25) is 0 Å². The lowest BCUT2D eigenvalue weighted by atomic mass is 10.1. The van der Waals surface area contributed by atoms with Gasteiger partial charge in [-0.3, -0.25) is 4.98 Å². The monoisotopic (exact) mass is 247 g/mol. The van der Waals surface area contributed by atoms with Crippen molar-refractivity contribution in [3.05, 3.63) is 78.3 Å². The normalized spacial score (nSPS) is 11.8. The van der Waals surface area contributed by atoms with Crippen molar-refractivity contribution in [3.63, 3.8) is 0 Å². The van der Waals surface area contributed by atoms with Gasteiger partial charge in [-0.15, -0.1) is 0 Å². The van der Waals surface area contributed by atoms with Crippen LogP contribution in [0.5, 0.6) is 0 Å². The maximum absolute atomic E-state index is 5.31. The molecule has 0 saturated heterocycles. The van der Waals surface area contributed by atoms with Crippen molar-refractivity contribution in [3.8, 4) is 0 Å². The molecule has 0 aliphatic heterocycles. The van der Waals surface area contributed by atoms with Crippen LogP contribution in [0.2, 0.25) is 0 Å². The molecule has 0 bridgehead atoms. The lowest BCUT2D eigenvalue weighted by Gasteiger charge is -1.92. The number of pyridine rings is 1. The zero-order valence-electron chi connectivity index (χ0n) is 10.4. The summed E-state index contributed by atoms with van der Waals surface area (Å²) in [4.78, 5) is 4.22. The third-order valence-electron chi connectivity index (χ3n) is 2.83. The third kappa shape index (κ3) is 2.80. The Morgan fingerprint density at radius 3 is 2.79 bits per heavy atom. The lowest BCUT2D eigenvalue weighted by Crippen LogP contribution is -1.75. The molecule has 92 valence electrons. The Morgan fingerprint density at radius 1 is 0.947 bits per heavy atom. The number of rotatable bonds is 3. The first-order chi connectivity index (χ1) is 9.42. The van der Waals surface area contributed by atoms with E-state index in [2.05, 4.69) is 17.1 Å². The van der Waals surface area contributed by atoms with Crippen LogP contribution < -0.4 is 0 Å². The molecule has 3 rings (SSSR count). The molecular weight excluding hydrogens is 234 g/mol. The summed E-state index contributed by atoms with van der Waals surface area (Å²) in [6, 6.07) is 14.0. The Labute approximate surface area is 111 Å². The summed E-state index contributed by atoms with van der Waals surface area (Å²) >= 11 is 0. The largest absolute Gasteiger partial charge is 0.464 e. The highest BCUT2D eigenvalue weighted by molar-refractivity contribution is 5.80. The Morgan fingerprint density at radius 2 is 1.89 bits per heavy atom. The van der Waals surface area contributed by atoms with Crippen LogP contribution in [0, 0.1) is 0 Å². The maximum atomic E-state index is 5.31. The Hall–Kier alpha value is -2.61. The SMILES string of the molecule is C(/C=C/c1ccccn1)=C\c1ccc2occc2c1. The molecule has 0 N–H and O–H groups in total. The van der Waals surface area contributed by atoms with Gasteiger partial charge in [-0.1, -0.05) is 30.4 Å². The van der Waals surface area contributed by atoms with Crippen LogP contribution in [0.3, 0.4) is 0 Å². The van der Waals surface area contributed by atoms with Gasteiger partial charge in [-0.05, 0) is 42.0 Å². The number of allylic oxidation sites excluding steroid dienone is 2. The van der Waals surface area contributed by atoms with Gasteiger partial charge in [0.25, 0.3) is 0 Å². The number of benzene rings is 1. The highest BCUT2D eigenvalue weighted by atomic mass is 16.3. The van der Waals surface area contributed by atoms with Crippen molar-refractivity contribution in [1.82, 2.24) is 4.98 Å². The highest BCUT2D eigenvalue weighted by Crippen LogP contribution is 2.17. The van der Waals surface area contributed by atoms with Crippen LogP contribution in [0.4, 0.5) is 0 Å². The molecule has 2 aromatic heterocycles. The molecule has 0 saturated carbocycles. The summed E-state index contributed by atoms with van der Waals surface area (Å²) in [5.41, 5.74) is 3.03. The minimum atomic E-state index is 0.918. The van der Waals surface area contributed by atoms with E-state index in [1.165, 1.54) is 0 Å². The van der Waals surface area contributed by atoms with Crippen molar-refractivity contribution in [2.75, 3.05) is 0 Å². The smallest absolute Gasteiger partial charge is 0.133 e. The molecule has 0 unspecified atom stereocenters. The van der Waals surface area contributed by atoms with E-state index in [9.17, 15) is 0 Å². The number of furan rings is 1. The van der Waals surface area contributed by atoms with Crippen LogP contribution in [0.25, 0.3) is 23.1 Å². The Bertz CT molecular complexity index is 723. The van der Waals surface area contributed by atoms with Crippen LogP contribution in [0.1, 0.15) is 11.3 Å². The molecule has 0 fully saturated rings. The molecule has 2 heteroatoms. The van der Waals surface area contributed by atoms with E-state index in [-0.39, 0.29) is 0 Å². The van der Waals surface area contributed by atoms with Crippen LogP contribution in [-0.2, 0) is 0 Å². The van der Waals surface area contributed by atoms with E-state index in [4.69, 9.17) is 4.42 Å². The molecule has 0 aliphatic rings. The molecule has 0 radical (unpaired) electrons. The van der Waals surface area contributed by atoms with Crippen molar-refractivity contribution >= 4 is 23.1 Å². The lowest BCUT2D eigenvalue weighted by molar-refractivity contribution is 0.616. The zero-order chi connectivity index (χ0) is 12.9. The second-order valence-electron chi connectivity index (χ2n) is 4.19. The number of fused-ring (bicyclic) bond motifs is 1. The maximum Gasteiger partial charge on any atom is 0.133 e. The molecule has 2 heterocycles. The van der Waals surface area contributed by atoms with Gasteiger partial charge in [0.1, 0.15) is 5.58 Å². The van der Waals surface area contributed by atoms with Crippen LogP contribution >= 0.6 is 0 Å². The molecule has 0 aliphatic carbocycles. The minimum Gasteiger partial charge on any atom is -0.464 e. The summed E-state index contributed by atoms with van der Waals surface area (Å²) in [6.45, 7) is 0. The molecule has 0 atom stereocenters. The standard InChI is InChI=1S/C17H13NO/c1(2-6-16-7-3-4-11-18-16)5-14-8-9-17-15(13-14)10-12-19-17/h1-13H/b5-1+,6-2+. The third-order valence-corrected chi connectivity index (χ3v) is 2.83. The van der Waals surface area contributed by atoms with Crippen molar-refractivity contribution in [2.45, 2.75) is 0 Å². The van der Waals surface area contributed by atoms with Crippen molar-refractivity contribution in [2.24, 2.45) is 0 Å². The molecule has 19 heavy (non-hydrogen) atoms. The number of nitrogens with zero attached hydrogens (tertiary/aromatic N) is 1. The van der Waals surface area contributed by atoms with E-state index in [0.29, 0.717) is 0 Å². The quantitative estimate of drug-likeness (QED) is 0.634. The topological polar surface area (TPSA) is 26.0 Å². The first-order valence-electron chi connectivity index (χ1n) is 6.15. The summed E-state index contributed by atoms with van der Waals surface area (Å²) in [7, 11) is 0. The second kappa shape index (κ2) is 5.36. The average molecular weight is 247 g/mol. The fourth-order valence-electron chi connectivity index (χ4n) is 1.88. The van der Waals surface area contributed by atoms with Crippen LogP contribution in [-0.4, -0.2) is 4.98 Å². The zero-order valence-corrected chi connectivity index (χ0v) is 10.4. The fourth-order valence-corrected chi connectivity index (χ4v) is 1.88. The van der Waals surface area contributed by atoms with E-state index in [0.717, 1.165) is 22.2 Å². The summed E-state index contributed by atoms with van der Waals surface area (Å²) in [5.74, 6) is 0. The summed E-state index contributed by atoms with van der Waals surface area (Å²) < 4.78 is 5.31. The molecule has 0 amide bonds. The molecule has 2 nitrogen and oxygen atoms in total. The van der Waals surface area contributed by atoms with E-state index in [1.807, 2.05) is 54.6 Å². The van der Waals surface area contributed by atoms with Gasteiger partial charge in [-0.2, -0.15) is 0 Å². The molecule has 3 aromatic rings. The average Bonchev–Trinajstić information content (AvgIpc) is 2.92. The van der Waals surface area contributed by atoms with Crippen molar-refractivity contribution in [1.29, 1.82) is 0 Å². The Kier molecular flexibility index (Phi) is 3.24. The summed E-state index contributed by atoms with van der Waals surface area (Å²) in [5, 5.41) is 1.12. The summed E-state index contributed by atoms with van der Waals surface area (Å²) in [6.07, 6.45) is 11.5. The number of hydrogen-bond acceptors (Lipinski definition) is 2. The van der Waals surface area contributed by atoms with E-state index < -0.39 is 0 Å². The van der Waals surface area contributed by atoms with Crippen molar-refractivity contribution < 1.29 is 4.42 Å². The molecule has 0 spiro atoms. The molecular formula is C17H13NO. The predicted molar refractivity (Wildman–Crippen MR) is 78.5 cm³/mol. The number of aromatic nitrogens is 1. The van der Waals surface area contributed by atoms with Gasteiger partial charge >= 0.3 is 0 Å². The van der Waals surface area contributed by atoms with Gasteiger partial charge in [0.15, 0.2) is 0 Å². The van der Waals surface area contributed by atoms with E-state index in [1.54, 1.807) is 12.5 Å². The number of hydrogen-bond donors (Lipinski definition) is 0. The van der Waals surface area contributed by atoms with Crippen LogP contribution in [0.15, 0.2) is 71.5 Å². The van der Waals surface area contributed by atoms with Gasteiger partial charge in [-0.25, -0.2) is 0 Å². The highest BCUT2D eigenvalue weighted by Gasteiger charge is 1.95. The fraction of sp³-hybridized carbons (Fsp3) is 0. The predicted octanol–water partition coefficient (Wildman–Crippen LogP) is 4.55. The first kappa shape index (κ1) is 11.5.